The third kappa shape index (κ3) is 2.73. The highest BCUT2D eigenvalue weighted by Gasteiger charge is 2.52. The minimum atomic E-state index is -4.46. The Labute approximate surface area is 109 Å². The molecule has 1 aliphatic heterocycles. The Kier molecular flexibility index (Phi) is 3.30. The molecule has 104 valence electrons. The van der Waals surface area contributed by atoms with Crippen LogP contribution in [0.1, 0.15) is 31.9 Å². The number of nitrogens with zero attached hydrogens (tertiary/aromatic N) is 1. The third-order valence-electron chi connectivity index (χ3n) is 3.17. The van der Waals surface area contributed by atoms with Gasteiger partial charge in [-0.3, -0.25) is 10.2 Å². The smallest absolute Gasteiger partial charge is 0.287 e. The van der Waals surface area contributed by atoms with Crippen LogP contribution in [0.3, 0.4) is 0 Å². The molecule has 1 aromatic carbocycles. The van der Waals surface area contributed by atoms with Gasteiger partial charge in [-0.2, -0.15) is 18.2 Å². The number of amides is 1. The van der Waals surface area contributed by atoms with Crippen LogP contribution in [-0.2, 0) is 4.79 Å². The lowest BCUT2D eigenvalue weighted by atomic mass is 9.97. The highest BCUT2D eigenvalue weighted by atomic mass is 19.4. The average molecular weight is 272 g/mol. The Morgan fingerprint density at radius 1 is 1.26 bits per heavy atom. The van der Waals surface area contributed by atoms with Crippen LogP contribution in [0.5, 0.6) is 0 Å². The minimum Gasteiger partial charge on any atom is -0.287 e. The van der Waals surface area contributed by atoms with Crippen LogP contribution in [-0.4, -0.2) is 22.6 Å². The summed E-state index contributed by atoms with van der Waals surface area (Å²) in [5.41, 5.74) is 1.56. The van der Waals surface area contributed by atoms with Gasteiger partial charge in [0.1, 0.15) is 0 Å². The molecular weight excluding hydrogens is 257 g/mol. The van der Waals surface area contributed by atoms with Crippen molar-refractivity contribution in [3.63, 3.8) is 0 Å². The van der Waals surface area contributed by atoms with Crippen molar-refractivity contribution in [3.05, 3.63) is 35.9 Å². The molecule has 2 rings (SSSR count). The van der Waals surface area contributed by atoms with Crippen LogP contribution in [0.15, 0.2) is 30.3 Å². The number of hydrogen-bond acceptors (Lipinski definition) is 2. The van der Waals surface area contributed by atoms with Gasteiger partial charge in [-0.25, -0.2) is 0 Å². The van der Waals surface area contributed by atoms with E-state index in [9.17, 15) is 18.0 Å². The Hall–Kier alpha value is -1.56. The zero-order chi connectivity index (χ0) is 14.3. The highest BCUT2D eigenvalue weighted by Crippen LogP contribution is 2.42. The Morgan fingerprint density at radius 3 is 2.26 bits per heavy atom. The summed E-state index contributed by atoms with van der Waals surface area (Å²) in [6.07, 6.45) is -4.41. The van der Waals surface area contributed by atoms with E-state index in [0.29, 0.717) is 0 Å². The van der Waals surface area contributed by atoms with E-state index in [4.69, 9.17) is 0 Å². The maximum absolute atomic E-state index is 13.3. The fourth-order valence-electron chi connectivity index (χ4n) is 2.34. The van der Waals surface area contributed by atoms with Gasteiger partial charge in [0, 0.05) is 12.0 Å². The zero-order valence-electron chi connectivity index (χ0n) is 10.7. The molecule has 0 saturated carbocycles. The molecule has 1 aromatic rings. The van der Waals surface area contributed by atoms with E-state index in [1.54, 1.807) is 32.0 Å². The second-order valence-corrected chi connectivity index (χ2v) is 5.25. The molecule has 0 spiro atoms. The van der Waals surface area contributed by atoms with E-state index in [0.717, 1.165) is 5.01 Å². The minimum absolute atomic E-state index is 0.0480. The Balaban J connectivity index is 2.43. The van der Waals surface area contributed by atoms with Crippen molar-refractivity contribution >= 4 is 5.91 Å². The summed E-state index contributed by atoms with van der Waals surface area (Å²) in [7, 11) is 0. The van der Waals surface area contributed by atoms with Gasteiger partial charge in [0.15, 0.2) is 6.04 Å². The maximum Gasteiger partial charge on any atom is 0.409 e. The number of rotatable bonds is 2. The summed E-state index contributed by atoms with van der Waals surface area (Å²) in [4.78, 5) is 11.4. The number of carbonyl (C=O) groups is 1. The molecule has 0 radical (unpaired) electrons. The first-order valence-electron chi connectivity index (χ1n) is 5.92. The molecule has 1 aliphatic rings. The van der Waals surface area contributed by atoms with Gasteiger partial charge in [-0.15, -0.1) is 0 Å². The first-order valence-corrected chi connectivity index (χ1v) is 5.92. The molecule has 0 aliphatic carbocycles. The van der Waals surface area contributed by atoms with Crippen molar-refractivity contribution in [2.24, 2.45) is 0 Å². The lowest BCUT2D eigenvalue weighted by molar-refractivity contribution is -0.203. The van der Waals surface area contributed by atoms with Crippen molar-refractivity contribution in [1.29, 1.82) is 0 Å². The van der Waals surface area contributed by atoms with Crippen molar-refractivity contribution in [1.82, 2.24) is 10.4 Å². The molecule has 0 unspecified atom stereocenters. The standard InChI is InChI=1S/C13H15F3N2O/c1-12(2)8-10(19)17-18(12)11(13(14,15)16)9-6-4-3-5-7-9/h3-7,11H,8H2,1-2H3,(H,17,19)/t11-/m0/s1. The summed E-state index contributed by atoms with van der Waals surface area (Å²) < 4.78 is 40.0. The Bertz CT molecular complexity index is 471. The quantitative estimate of drug-likeness (QED) is 0.898. The van der Waals surface area contributed by atoms with Gasteiger partial charge in [-0.05, 0) is 19.4 Å². The van der Waals surface area contributed by atoms with Gasteiger partial charge >= 0.3 is 6.18 Å². The van der Waals surface area contributed by atoms with Crippen molar-refractivity contribution < 1.29 is 18.0 Å². The lowest BCUT2D eigenvalue weighted by Gasteiger charge is -2.37. The second kappa shape index (κ2) is 4.52. The zero-order valence-corrected chi connectivity index (χ0v) is 10.7. The van der Waals surface area contributed by atoms with Gasteiger partial charge in [0.25, 0.3) is 0 Å². The number of carbonyl (C=O) groups excluding carboxylic acids is 1. The van der Waals surface area contributed by atoms with Crippen LogP contribution in [0.25, 0.3) is 0 Å². The van der Waals surface area contributed by atoms with Crippen LogP contribution in [0, 0.1) is 0 Å². The van der Waals surface area contributed by atoms with Gasteiger partial charge in [0.2, 0.25) is 5.91 Å². The van der Waals surface area contributed by atoms with E-state index in [1.165, 1.54) is 12.1 Å². The largest absolute Gasteiger partial charge is 0.409 e. The number of halogens is 3. The van der Waals surface area contributed by atoms with E-state index in [1.807, 2.05) is 0 Å². The van der Waals surface area contributed by atoms with Gasteiger partial charge in [0.05, 0.1) is 0 Å². The molecule has 19 heavy (non-hydrogen) atoms. The average Bonchev–Trinajstić information content (AvgIpc) is 2.52. The maximum atomic E-state index is 13.3. The summed E-state index contributed by atoms with van der Waals surface area (Å²) >= 11 is 0. The number of nitrogens with one attached hydrogen (secondary N) is 1. The SMILES string of the molecule is CC1(C)CC(=O)NN1[C@@H](c1ccccc1)C(F)(F)F. The molecule has 0 bridgehead atoms. The van der Waals surface area contributed by atoms with E-state index in [2.05, 4.69) is 5.43 Å². The number of alkyl halides is 3. The molecule has 1 amide bonds. The summed E-state index contributed by atoms with van der Waals surface area (Å²) in [5.74, 6) is -0.393. The van der Waals surface area contributed by atoms with E-state index in [-0.39, 0.29) is 12.0 Å². The molecular formula is C13H15F3N2O. The molecule has 1 saturated heterocycles. The topological polar surface area (TPSA) is 32.3 Å². The normalized spacial score (nSPS) is 21.2. The summed E-state index contributed by atoms with van der Waals surface area (Å²) in [6.45, 7) is 3.24. The van der Waals surface area contributed by atoms with Crippen molar-refractivity contribution in [2.45, 2.75) is 38.0 Å². The number of hydrogen-bond donors (Lipinski definition) is 1. The van der Waals surface area contributed by atoms with Crippen molar-refractivity contribution in [3.8, 4) is 0 Å². The van der Waals surface area contributed by atoms with E-state index < -0.39 is 23.7 Å². The fourth-order valence-corrected chi connectivity index (χ4v) is 2.34. The highest BCUT2D eigenvalue weighted by molar-refractivity contribution is 5.79. The van der Waals surface area contributed by atoms with Gasteiger partial charge in [-0.1, -0.05) is 30.3 Å². The predicted octanol–water partition coefficient (Wildman–Crippen LogP) is 2.81. The first-order chi connectivity index (χ1) is 8.72. The number of hydrazine groups is 1. The fraction of sp³-hybridized carbons (Fsp3) is 0.462. The molecule has 3 nitrogen and oxygen atoms in total. The van der Waals surface area contributed by atoms with Crippen molar-refractivity contribution in [2.75, 3.05) is 0 Å². The van der Waals surface area contributed by atoms with E-state index >= 15 is 0 Å². The van der Waals surface area contributed by atoms with Crippen LogP contribution in [0.2, 0.25) is 0 Å². The first kappa shape index (κ1) is 13.9. The van der Waals surface area contributed by atoms with Crippen LogP contribution < -0.4 is 5.43 Å². The number of benzene rings is 1. The monoisotopic (exact) mass is 272 g/mol. The third-order valence-corrected chi connectivity index (χ3v) is 3.17. The summed E-state index contributed by atoms with van der Waals surface area (Å²) in [5, 5.41) is 1.00. The molecule has 0 aromatic heterocycles. The molecule has 1 heterocycles. The predicted molar refractivity (Wildman–Crippen MR) is 63.9 cm³/mol. The second-order valence-electron chi connectivity index (χ2n) is 5.25. The van der Waals surface area contributed by atoms with Gasteiger partial charge < -0.3 is 0 Å². The van der Waals surface area contributed by atoms with Crippen LogP contribution >= 0.6 is 0 Å². The molecule has 1 N–H and O–H groups in total. The Morgan fingerprint density at radius 2 is 1.84 bits per heavy atom. The molecule has 6 heteroatoms. The lowest BCUT2D eigenvalue weighted by Crippen LogP contribution is -2.51. The molecule has 1 atom stereocenters. The van der Waals surface area contributed by atoms with Crippen LogP contribution in [0.4, 0.5) is 13.2 Å². The molecule has 1 fully saturated rings. The summed E-state index contributed by atoms with van der Waals surface area (Å²) in [6, 6.07) is 5.76.